The largest absolute Gasteiger partial charge is 0.507 e. The van der Waals surface area contributed by atoms with Gasteiger partial charge in [-0.15, -0.1) is 0 Å². The van der Waals surface area contributed by atoms with E-state index in [1.165, 1.54) is 4.90 Å². The fourth-order valence-corrected chi connectivity index (χ4v) is 4.99. The summed E-state index contributed by atoms with van der Waals surface area (Å²) >= 11 is 6.93. The van der Waals surface area contributed by atoms with E-state index in [0.29, 0.717) is 34.2 Å². The molecule has 1 aliphatic rings. The van der Waals surface area contributed by atoms with Gasteiger partial charge in [-0.25, -0.2) is 9.78 Å². The van der Waals surface area contributed by atoms with E-state index < -0.39 is 23.7 Å². The van der Waals surface area contributed by atoms with Gasteiger partial charge in [-0.2, -0.15) is 0 Å². The van der Waals surface area contributed by atoms with Crippen molar-refractivity contribution in [1.29, 1.82) is 0 Å². The second-order valence-electron chi connectivity index (χ2n) is 7.98. The summed E-state index contributed by atoms with van der Waals surface area (Å²) in [4.78, 5) is 44.9. The number of carbonyl (C=O) groups is 3. The van der Waals surface area contributed by atoms with Crippen LogP contribution in [-0.4, -0.2) is 41.0 Å². The number of ether oxygens (including phenoxy) is 2. The van der Waals surface area contributed by atoms with E-state index in [9.17, 15) is 19.5 Å². The van der Waals surface area contributed by atoms with E-state index in [1.807, 2.05) is 0 Å². The number of ketones is 1. The van der Waals surface area contributed by atoms with Crippen molar-refractivity contribution in [2.24, 2.45) is 0 Å². The van der Waals surface area contributed by atoms with Crippen molar-refractivity contribution < 1.29 is 29.0 Å². The van der Waals surface area contributed by atoms with E-state index >= 15 is 0 Å². The maximum Gasteiger partial charge on any atom is 0.350 e. The van der Waals surface area contributed by atoms with Crippen LogP contribution in [0.3, 0.4) is 0 Å². The first kappa shape index (κ1) is 26.1. The van der Waals surface area contributed by atoms with Gasteiger partial charge in [0.05, 0.1) is 23.9 Å². The molecule has 0 radical (unpaired) electrons. The number of thiazole rings is 1. The second kappa shape index (κ2) is 11.0. The Morgan fingerprint density at radius 2 is 1.86 bits per heavy atom. The van der Waals surface area contributed by atoms with Crippen LogP contribution < -0.4 is 9.64 Å². The third-order valence-corrected chi connectivity index (χ3v) is 6.97. The maximum absolute atomic E-state index is 13.3. The fraction of sp³-hybridized carbons (Fsp3) is 0.185. The quantitative estimate of drug-likeness (QED) is 0.133. The summed E-state index contributed by atoms with van der Waals surface area (Å²) in [6.45, 7) is 7.42. The molecule has 0 bridgehead atoms. The highest BCUT2D eigenvalue weighted by atomic mass is 35.5. The number of aliphatic hydroxyl groups excluding tert-OH is 1. The number of esters is 1. The number of hydrogen-bond acceptors (Lipinski definition) is 8. The van der Waals surface area contributed by atoms with Crippen LogP contribution in [-0.2, 0) is 14.3 Å². The minimum atomic E-state index is -1.01. The van der Waals surface area contributed by atoms with E-state index in [4.69, 9.17) is 21.1 Å². The Hall–Kier alpha value is -3.95. The Kier molecular flexibility index (Phi) is 7.75. The molecule has 3 aromatic rings. The zero-order valence-electron chi connectivity index (χ0n) is 20.1. The molecular formula is C27H23ClN2O6S. The first-order valence-corrected chi connectivity index (χ1v) is 12.5. The number of rotatable bonds is 8. The smallest absolute Gasteiger partial charge is 0.350 e. The van der Waals surface area contributed by atoms with Crippen molar-refractivity contribution in [3.05, 3.63) is 93.5 Å². The van der Waals surface area contributed by atoms with Crippen molar-refractivity contribution in [3.63, 3.8) is 0 Å². The lowest BCUT2D eigenvalue weighted by atomic mass is 9.95. The molecule has 0 spiro atoms. The van der Waals surface area contributed by atoms with Crippen molar-refractivity contribution in [2.45, 2.75) is 19.9 Å². The molecule has 1 aromatic heterocycles. The summed E-state index contributed by atoms with van der Waals surface area (Å²) < 4.78 is 10.6. The number of benzene rings is 2. The summed E-state index contributed by atoms with van der Waals surface area (Å²) in [5, 5.41) is 11.8. The Morgan fingerprint density at radius 3 is 2.49 bits per heavy atom. The third kappa shape index (κ3) is 5.14. The molecule has 4 rings (SSSR count). The van der Waals surface area contributed by atoms with Gasteiger partial charge < -0.3 is 14.6 Å². The SMILES string of the molecule is C=CCOc1ccc(C2/C(=C(\O)c3ccc(Cl)cc3)C(=O)C(=O)N2c2nc(C)c(C(=O)OCC)s2)cc1. The third-order valence-electron chi connectivity index (χ3n) is 5.58. The highest BCUT2D eigenvalue weighted by Gasteiger charge is 2.48. The van der Waals surface area contributed by atoms with E-state index in [2.05, 4.69) is 11.6 Å². The summed E-state index contributed by atoms with van der Waals surface area (Å²) in [7, 11) is 0. The van der Waals surface area contributed by atoms with Crippen LogP contribution >= 0.6 is 22.9 Å². The van der Waals surface area contributed by atoms with Gasteiger partial charge in [-0.1, -0.05) is 47.7 Å². The van der Waals surface area contributed by atoms with Crippen LogP contribution in [0.25, 0.3) is 5.76 Å². The predicted octanol–water partition coefficient (Wildman–Crippen LogP) is 5.47. The van der Waals surface area contributed by atoms with Gasteiger partial charge >= 0.3 is 11.9 Å². The van der Waals surface area contributed by atoms with E-state index in [1.54, 1.807) is 68.5 Å². The predicted molar refractivity (Wildman–Crippen MR) is 141 cm³/mol. The average Bonchev–Trinajstić information content (AvgIpc) is 3.40. The molecule has 1 fully saturated rings. The molecular weight excluding hydrogens is 516 g/mol. The van der Waals surface area contributed by atoms with Crippen LogP contribution in [0, 0.1) is 6.92 Å². The topological polar surface area (TPSA) is 106 Å². The fourth-order valence-electron chi connectivity index (χ4n) is 3.88. The van der Waals surface area contributed by atoms with E-state index in [-0.39, 0.29) is 27.9 Å². The van der Waals surface area contributed by atoms with Crippen LogP contribution in [0.4, 0.5) is 5.13 Å². The minimum absolute atomic E-state index is 0.113. The molecule has 0 saturated carbocycles. The number of halogens is 1. The summed E-state index contributed by atoms with van der Waals surface area (Å²) in [5.74, 6) is -2.12. The van der Waals surface area contributed by atoms with Gasteiger partial charge in [0.1, 0.15) is 23.0 Å². The lowest BCUT2D eigenvalue weighted by Crippen LogP contribution is -2.29. The van der Waals surface area contributed by atoms with Crippen LogP contribution in [0.5, 0.6) is 5.75 Å². The summed E-state index contributed by atoms with van der Waals surface area (Å²) in [5.41, 5.74) is 1.11. The molecule has 8 nitrogen and oxygen atoms in total. The van der Waals surface area contributed by atoms with Crippen LogP contribution in [0.1, 0.15) is 39.5 Å². The van der Waals surface area contributed by atoms with Gasteiger partial charge in [-0.05, 0) is 55.8 Å². The molecule has 1 saturated heterocycles. The van der Waals surface area contributed by atoms with Crippen molar-refractivity contribution in [1.82, 2.24) is 4.98 Å². The number of hydrogen-bond donors (Lipinski definition) is 1. The number of nitrogens with zero attached hydrogens (tertiary/aromatic N) is 2. The molecule has 1 unspecified atom stereocenters. The molecule has 0 aliphatic carbocycles. The summed E-state index contributed by atoms with van der Waals surface area (Å²) in [6, 6.07) is 12.0. The second-order valence-corrected chi connectivity index (χ2v) is 9.39. The first-order chi connectivity index (χ1) is 17.8. The standard InChI is InChI=1S/C27H23ClN2O6S/c1-4-14-36-19-12-8-16(9-13-19)21-20(22(31)17-6-10-18(28)11-7-17)23(32)25(33)30(21)27-29-15(3)24(37-27)26(34)35-5-2/h4,6-13,21,31H,1,5,14H2,2-3H3/b22-20+. The Bertz CT molecular complexity index is 1400. The Morgan fingerprint density at radius 1 is 1.19 bits per heavy atom. The highest BCUT2D eigenvalue weighted by molar-refractivity contribution is 7.17. The highest BCUT2D eigenvalue weighted by Crippen LogP contribution is 2.44. The molecule has 1 amide bonds. The number of amides is 1. The monoisotopic (exact) mass is 538 g/mol. The number of Topliss-reactive ketones (excluding diaryl/α,β-unsaturated/α-hetero) is 1. The number of carbonyl (C=O) groups excluding carboxylic acids is 3. The lowest BCUT2D eigenvalue weighted by molar-refractivity contribution is -0.132. The van der Waals surface area contributed by atoms with Crippen molar-refractivity contribution in [2.75, 3.05) is 18.1 Å². The minimum Gasteiger partial charge on any atom is -0.507 e. The molecule has 190 valence electrons. The van der Waals surface area contributed by atoms with Crippen LogP contribution in [0.2, 0.25) is 5.02 Å². The van der Waals surface area contributed by atoms with Crippen molar-refractivity contribution >= 4 is 51.5 Å². The molecule has 1 N–H and O–H groups in total. The van der Waals surface area contributed by atoms with Gasteiger partial charge in [0.15, 0.2) is 5.13 Å². The zero-order valence-corrected chi connectivity index (χ0v) is 21.6. The van der Waals surface area contributed by atoms with E-state index in [0.717, 1.165) is 11.3 Å². The van der Waals surface area contributed by atoms with Crippen LogP contribution in [0.15, 0.2) is 66.8 Å². The van der Waals surface area contributed by atoms with Gasteiger partial charge in [0.25, 0.3) is 5.78 Å². The van der Waals surface area contributed by atoms with Gasteiger partial charge in [0, 0.05) is 10.6 Å². The number of aromatic nitrogens is 1. The Balaban J connectivity index is 1.87. The average molecular weight is 539 g/mol. The lowest BCUT2D eigenvalue weighted by Gasteiger charge is -2.23. The molecule has 1 atom stereocenters. The molecule has 37 heavy (non-hydrogen) atoms. The zero-order chi connectivity index (χ0) is 26.7. The first-order valence-electron chi connectivity index (χ1n) is 11.3. The maximum atomic E-state index is 13.3. The number of aryl methyl sites for hydroxylation is 1. The van der Waals surface area contributed by atoms with Crippen molar-refractivity contribution in [3.8, 4) is 5.75 Å². The molecule has 1 aliphatic heterocycles. The normalized spacial score (nSPS) is 16.6. The van der Waals surface area contributed by atoms with Gasteiger partial charge in [0.2, 0.25) is 0 Å². The molecule has 10 heteroatoms. The Labute approximate surface area is 222 Å². The number of aliphatic hydroxyl groups is 1. The molecule has 2 heterocycles. The molecule has 2 aromatic carbocycles. The number of anilines is 1. The summed E-state index contributed by atoms with van der Waals surface area (Å²) in [6.07, 6.45) is 1.61. The van der Waals surface area contributed by atoms with Gasteiger partial charge in [-0.3, -0.25) is 14.5 Å².